The van der Waals surface area contributed by atoms with Crippen LogP contribution in [0.1, 0.15) is 39.0 Å². The van der Waals surface area contributed by atoms with Crippen LogP contribution in [0.5, 0.6) is 23.0 Å². The summed E-state index contributed by atoms with van der Waals surface area (Å²) in [5, 5.41) is 28.9. The minimum Gasteiger partial charge on any atom is -0.508 e. The van der Waals surface area contributed by atoms with Crippen LogP contribution in [0.2, 0.25) is 0 Å². The normalized spacial score (nSPS) is 14.5. The highest BCUT2D eigenvalue weighted by atomic mass is 32.1. The predicted octanol–water partition coefficient (Wildman–Crippen LogP) is 4.42. The Hall–Kier alpha value is -5.61. The van der Waals surface area contributed by atoms with Gasteiger partial charge in [-0.1, -0.05) is 18.2 Å². The van der Waals surface area contributed by atoms with E-state index in [1.165, 1.54) is 12.1 Å². The van der Waals surface area contributed by atoms with E-state index in [2.05, 4.69) is 16.0 Å². The van der Waals surface area contributed by atoms with E-state index < -0.39 is 11.6 Å². The average molecular weight is 949 g/mol. The Balaban J connectivity index is 0.686. The summed E-state index contributed by atoms with van der Waals surface area (Å²) < 4.78 is 56.5. The topological polar surface area (TPSA) is 229 Å². The number of nitrogens with one attached hydrogen (secondary N) is 3. The molecule has 4 aromatic carbocycles. The largest absolute Gasteiger partial charge is 0.508 e. The maximum atomic E-state index is 13.4. The van der Waals surface area contributed by atoms with Crippen molar-refractivity contribution < 1.29 is 67.2 Å². The smallest absolute Gasteiger partial charge is 0.340 e. The Kier molecular flexibility index (Phi) is 20.7. The van der Waals surface area contributed by atoms with Crippen LogP contribution in [0.4, 0.5) is 11.4 Å². The van der Waals surface area contributed by atoms with E-state index in [-0.39, 0.29) is 23.8 Å². The number of phenols is 2. The molecule has 0 aromatic heterocycles. The van der Waals surface area contributed by atoms with E-state index in [9.17, 15) is 19.8 Å². The number of hydrogen-bond acceptors (Lipinski definition) is 16. The standard InChI is InChI=1S/C48H60N4O14S/c49-35-3-8-41-43(31-35)65-44-33-38(54)7-10-42(44)48(41)40-9-4-36(32-39(40)46(56)66-48)52-47(67)51-14-16-58-18-20-60-22-24-62-26-28-64-30-29-63-27-25-61-23-21-59-19-17-57-15-12-45(55)50-13-11-34-1-5-37(53)6-2-34/h1-10,31-33,53-54H,11-30,49H2,(H,50,55)(H2,51,52,67). The van der Waals surface area contributed by atoms with Gasteiger partial charge in [0.15, 0.2) is 10.7 Å². The number of aromatic hydroxyl groups is 2. The van der Waals surface area contributed by atoms with Crippen LogP contribution in [0.25, 0.3) is 0 Å². The number of hydrogen-bond donors (Lipinski definition) is 6. The quantitative estimate of drug-likeness (QED) is 0.0178. The second-order valence-electron chi connectivity index (χ2n) is 15.2. The molecule has 4 aromatic rings. The first-order valence-electron chi connectivity index (χ1n) is 22.2. The second kappa shape index (κ2) is 27.3. The fraction of sp³-hybridized carbons (Fsp3) is 0.438. The van der Waals surface area contributed by atoms with E-state index >= 15 is 0 Å². The minimum absolute atomic E-state index is 0.0158. The van der Waals surface area contributed by atoms with Crippen molar-refractivity contribution in [3.8, 4) is 23.0 Å². The van der Waals surface area contributed by atoms with Gasteiger partial charge < -0.3 is 79.3 Å². The lowest BCUT2D eigenvalue weighted by molar-refractivity contribution is -0.122. The molecular weight excluding hydrogens is 889 g/mol. The molecule has 1 unspecified atom stereocenters. The van der Waals surface area contributed by atoms with Crippen molar-refractivity contribution in [1.82, 2.24) is 10.6 Å². The van der Waals surface area contributed by atoms with Crippen molar-refractivity contribution in [1.29, 1.82) is 0 Å². The lowest BCUT2D eigenvalue weighted by Crippen LogP contribution is -2.33. The number of phenolic OH excluding ortho intramolecular Hbond substituents is 2. The summed E-state index contributed by atoms with van der Waals surface area (Å²) in [6.45, 7) is 7.84. The van der Waals surface area contributed by atoms with E-state index in [1.54, 1.807) is 42.5 Å². The molecule has 6 rings (SSSR count). The van der Waals surface area contributed by atoms with Crippen molar-refractivity contribution >= 4 is 40.6 Å². The number of fused-ring (bicyclic) bond motifs is 6. The SMILES string of the molecule is Nc1ccc2c(c1)Oc1cc(O)ccc1C21OC(=O)c2cc(NC(=S)NCCOCCOCCOCCOCCOCCOCCOCCOCCC(=O)NCCc3ccc(O)cc3)ccc21. The van der Waals surface area contributed by atoms with E-state index in [0.717, 1.165) is 5.56 Å². The second-order valence-corrected chi connectivity index (χ2v) is 15.6. The molecule has 0 radical (unpaired) electrons. The number of nitrogen functional groups attached to an aromatic ring is 1. The van der Waals surface area contributed by atoms with E-state index in [4.69, 9.17) is 65.3 Å². The molecule has 2 heterocycles. The molecule has 0 fully saturated rings. The molecule has 362 valence electrons. The van der Waals surface area contributed by atoms with Crippen LogP contribution < -0.4 is 26.4 Å². The number of thiocarbonyl (C=S) groups is 1. The molecule has 1 atom stereocenters. The minimum atomic E-state index is -1.28. The molecule has 18 nitrogen and oxygen atoms in total. The molecule has 2 aliphatic rings. The third-order valence-electron chi connectivity index (χ3n) is 10.4. The summed E-state index contributed by atoms with van der Waals surface area (Å²) in [5.41, 5.74) is 9.11. The summed E-state index contributed by atoms with van der Waals surface area (Å²) in [4.78, 5) is 25.3. The number of carbonyl (C=O) groups is 2. The number of anilines is 2. The molecule has 0 saturated carbocycles. The van der Waals surface area contributed by atoms with Crippen molar-refractivity contribution in [2.24, 2.45) is 0 Å². The first kappa shape index (κ1) is 50.8. The van der Waals surface area contributed by atoms with Crippen molar-refractivity contribution in [3.63, 3.8) is 0 Å². The van der Waals surface area contributed by atoms with Crippen LogP contribution in [-0.4, -0.2) is 146 Å². The summed E-state index contributed by atoms with van der Waals surface area (Å²) in [6.07, 6.45) is 0.983. The van der Waals surface area contributed by atoms with Gasteiger partial charge >= 0.3 is 5.97 Å². The zero-order valence-corrected chi connectivity index (χ0v) is 38.2. The highest BCUT2D eigenvalue weighted by Crippen LogP contribution is 2.57. The number of amides is 1. The number of esters is 1. The predicted molar refractivity (Wildman–Crippen MR) is 251 cm³/mol. The maximum Gasteiger partial charge on any atom is 0.340 e. The van der Waals surface area contributed by atoms with Crippen molar-refractivity contribution in [2.75, 3.05) is 130 Å². The van der Waals surface area contributed by atoms with Gasteiger partial charge in [-0.05, 0) is 72.7 Å². The number of ether oxygens (including phenoxy) is 10. The molecular formula is C48H60N4O14S. The number of benzene rings is 4. The van der Waals surface area contributed by atoms with E-state index in [0.29, 0.717) is 175 Å². The van der Waals surface area contributed by atoms with Gasteiger partial charge in [-0.3, -0.25) is 4.79 Å². The molecule has 1 spiro atoms. The van der Waals surface area contributed by atoms with Crippen LogP contribution in [0, 0.1) is 0 Å². The third-order valence-corrected chi connectivity index (χ3v) is 10.6. The van der Waals surface area contributed by atoms with Gasteiger partial charge in [-0.2, -0.15) is 0 Å². The maximum absolute atomic E-state index is 13.4. The van der Waals surface area contributed by atoms with Crippen molar-refractivity contribution in [3.05, 3.63) is 107 Å². The van der Waals surface area contributed by atoms with Crippen LogP contribution in [-0.2, 0) is 59.4 Å². The first-order chi connectivity index (χ1) is 32.7. The molecule has 7 N–H and O–H groups in total. The van der Waals surface area contributed by atoms with Gasteiger partial charge in [0.1, 0.15) is 23.0 Å². The summed E-state index contributed by atoms with van der Waals surface area (Å²) in [5.74, 6) is 0.463. The van der Waals surface area contributed by atoms with Gasteiger partial charge in [0.25, 0.3) is 0 Å². The number of rotatable bonds is 31. The fourth-order valence-corrected chi connectivity index (χ4v) is 7.35. The zero-order valence-electron chi connectivity index (χ0n) is 37.4. The summed E-state index contributed by atoms with van der Waals surface area (Å²) >= 11 is 5.48. The Labute approximate surface area is 395 Å². The van der Waals surface area contributed by atoms with Gasteiger partial charge in [-0.15, -0.1) is 0 Å². The molecule has 1 amide bonds. The highest BCUT2D eigenvalue weighted by Gasteiger charge is 2.53. The molecule has 0 bridgehead atoms. The zero-order chi connectivity index (χ0) is 47.1. The van der Waals surface area contributed by atoms with Crippen molar-refractivity contribution in [2.45, 2.75) is 18.4 Å². The Morgan fingerprint density at radius 1 is 0.582 bits per heavy atom. The molecule has 19 heteroatoms. The fourth-order valence-electron chi connectivity index (χ4n) is 7.13. The van der Waals surface area contributed by atoms with E-state index in [1.807, 2.05) is 24.3 Å². The molecule has 0 aliphatic carbocycles. The highest BCUT2D eigenvalue weighted by molar-refractivity contribution is 7.80. The molecule has 0 saturated heterocycles. The number of nitrogens with two attached hydrogens (primary N) is 1. The van der Waals surface area contributed by atoms with Gasteiger partial charge in [-0.25, -0.2) is 4.79 Å². The monoisotopic (exact) mass is 948 g/mol. The van der Waals surface area contributed by atoms with Crippen LogP contribution in [0.3, 0.4) is 0 Å². The number of carbonyl (C=O) groups excluding carboxylic acids is 2. The van der Waals surface area contributed by atoms with Gasteiger partial charge in [0, 0.05) is 59.7 Å². The Morgan fingerprint density at radius 2 is 1.09 bits per heavy atom. The summed E-state index contributed by atoms with van der Waals surface area (Å²) in [6, 6.07) is 22.2. The van der Waals surface area contributed by atoms with Crippen LogP contribution in [0.15, 0.2) is 78.9 Å². The lowest BCUT2D eigenvalue weighted by Gasteiger charge is -2.36. The third kappa shape index (κ3) is 15.7. The first-order valence-corrected chi connectivity index (χ1v) is 22.6. The Bertz CT molecular complexity index is 2150. The lowest BCUT2D eigenvalue weighted by atomic mass is 9.77. The summed E-state index contributed by atoms with van der Waals surface area (Å²) in [7, 11) is 0. The molecule has 2 aliphatic heterocycles. The average Bonchev–Trinajstić information content (AvgIpc) is 3.59. The molecule has 67 heavy (non-hydrogen) atoms. The Morgan fingerprint density at radius 3 is 1.69 bits per heavy atom. The van der Waals surface area contributed by atoms with Crippen LogP contribution >= 0.6 is 12.2 Å². The van der Waals surface area contributed by atoms with Gasteiger partial charge in [0.2, 0.25) is 5.91 Å². The van der Waals surface area contributed by atoms with Gasteiger partial charge in [0.05, 0.1) is 111 Å².